The Morgan fingerprint density at radius 2 is 2.06 bits per heavy atom. The van der Waals surface area contributed by atoms with Gasteiger partial charge in [0.05, 0.1) is 7.11 Å². The van der Waals surface area contributed by atoms with Gasteiger partial charge in [0.25, 0.3) is 0 Å². The second kappa shape index (κ2) is 4.73. The van der Waals surface area contributed by atoms with Gasteiger partial charge in [0, 0.05) is 7.79 Å². The molecule has 6 nitrogen and oxygen atoms in total. The third kappa shape index (κ3) is 3.18. The highest BCUT2D eigenvalue weighted by atomic mass is 16.6. The van der Waals surface area contributed by atoms with Crippen LogP contribution in [0.4, 0.5) is 4.79 Å². The van der Waals surface area contributed by atoms with Crippen molar-refractivity contribution in [3.8, 4) is 0 Å². The van der Waals surface area contributed by atoms with E-state index < -0.39 is 36.0 Å². The molecule has 0 aliphatic carbocycles. The molecule has 0 N–H and O–H groups in total. The number of likely N-dealkylation sites (tertiary alicyclic amines) is 1. The minimum atomic E-state index is -1.22. The highest BCUT2D eigenvalue weighted by Crippen LogP contribution is 2.22. The van der Waals surface area contributed by atoms with Crippen molar-refractivity contribution in [3.63, 3.8) is 0 Å². The summed E-state index contributed by atoms with van der Waals surface area (Å²) >= 11 is 0. The van der Waals surface area contributed by atoms with Crippen molar-refractivity contribution >= 4 is 18.0 Å². The maximum absolute atomic E-state index is 11.8. The molecule has 1 saturated heterocycles. The van der Waals surface area contributed by atoms with E-state index in [1.165, 1.54) is 0 Å². The molecular weight excluding hydrogens is 226 g/mol. The van der Waals surface area contributed by atoms with Crippen LogP contribution in [-0.2, 0) is 19.1 Å². The van der Waals surface area contributed by atoms with Crippen LogP contribution in [0.25, 0.3) is 0 Å². The molecular formula is C11H17NO5. The number of nitrogens with zero attached hydrogens (tertiary/aromatic N) is 1. The summed E-state index contributed by atoms with van der Waals surface area (Å²) in [5, 5.41) is 0. The average molecular weight is 244 g/mol. The molecule has 6 heteroatoms. The van der Waals surface area contributed by atoms with Gasteiger partial charge < -0.3 is 9.47 Å². The van der Waals surface area contributed by atoms with Crippen molar-refractivity contribution in [2.24, 2.45) is 0 Å². The molecule has 1 aliphatic heterocycles. The molecule has 2 atom stereocenters. The summed E-state index contributed by atoms with van der Waals surface area (Å²) in [6, 6.07) is -1.22. The normalized spacial score (nSPS) is 25.5. The predicted molar refractivity (Wildman–Crippen MR) is 58.1 cm³/mol. The number of carbonyl (C=O) groups is 3. The molecule has 1 rings (SSSR count). The molecule has 17 heavy (non-hydrogen) atoms. The van der Waals surface area contributed by atoms with Crippen LogP contribution in [0.5, 0.6) is 0 Å². The van der Waals surface area contributed by atoms with E-state index in [0.29, 0.717) is 4.90 Å². The van der Waals surface area contributed by atoms with E-state index in [-0.39, 0.29) is 6.42 Å². The number of hydrogen-bond donors (Lipinski definition) is 0. The Kier molecular flexibility index (Phi) is 3.31. The van der Waals surface area contributed by atoms with E-state index >= 15 is 0 Å². The van der Waals surface area contributed by atoms with E-state index in [1.54, 1.807) is 20.8 Å². The summed E-state index contributed by atoms with van der Waals surface area (Å²) in [4.78, 5) is 35.7. The molecule has 96 valence electrons. The standard InChI is InChI=1S/C11H17NO5/c1-11(2,3)17-10(15)12-7(9(14)16-4)5-6-8(12)13/h7H,5-6H2,1-4H3/t7-/m0/s1/i5D/t5-,7-. The highest BCUT2D eigenvalue weighted by molar-refractivity contribution is 5.99. The largest absolute Gasteiger partial charge is 0.467 e. The second-order valence-corrected chi connectivity index (χ2v) is 4.65. The number of hydrogen-bond acceptors (Lipinski definition) is 5. The van der Waals surface area contributed by atoms with Crippen molar-refractivity contribution < 1.29 is 25.2 Å². The maximum atomic E-state index is 11.8. The lowest BCUT2D eigenvalue weighted by Crippen LogP contribution is -2.45. The van der Waals surface area contributed by atoms with Crippen LogP contribution in [0.3, 0.4) is 0 Å². The number of methoxy groups -OCH3 is 1. The Hall–Kier alpha value is -1.59. The maximum Gasteiger partial charge on any atom is 0.417 e. The smallest absolute Gasteiger partial charge is 0.417 e. The molecule has 0 aromatic carbocycles. The lowest BCUT2D eigenvalue weighted by Gasteiger charge is -2.26. The van der Waals surface area contributed by atoms with Crippen LogP contribution in [-0.4, -0.2) is 41.6 Å². The minimum absolute atomic E-state index is 0.195. The first-order valence-electron chi connectivity index (χ1n) is 5.80. The molecule has 0 spiro atoms. The molecule has 0 aromatic rings. The summed E-state index contributed by atoms with van der Waals surface area (Å²) in [7, 11) is 1.14. The fraction of sp³-hybridized carbons (Fsp3) is 0.727. The second-order valence-electron chi connectivity index (χ2n) is 4.65. The Morgan fingerprint density at radius 1 is 1.47 bits per heavy atom. The SMILES string of the molecule is [2H][C@H]1CC(=O)N(C(=O)OC(C)(C)C)[C@@H]1C(=O)OC. The summed E-state index contributed by atoms with van der Waals surface area (Å²) in [5.74, 6) is -1.38. The Bertz CT molecular complexity index is 376. The molecule has 0 bridgehead atoms. The minimum Gasteiger partial charge on any atom is -0.467 e. The Balaban J connectivity index is 2.93. The Labute approximate surface area is 101 Å². The van der Waals surface area contributed by atoms with Crippen molar-refractivity contribution in [3.05, 3.63) is 0 Å². The molecule has 0 saturated carbocycles. The summed E-state index contributed by atoms with van der Waals surface area (Å²) < 4.78 is 17.2. The molecule has 0 unspecified atom stereocenters. The first-order valence-corrected chi connectivity index (χ1v) is 5.22. The van der Waals surface area contributed by atoms with Crippen LogP contribution >= 0.6 is 0 Å². The molecule has 1 aliphatic rings. The van der Waals surface area contributed by atoms with Gasteiger partial charge >= 0.3 is 12.1 Å². The zero-order valence-corrected chi connectivity index (χ0v) is 10.4. The fourth-order valence-corrected chi connectivity index (χ4v) is 1.42. The van der Waals surface area contributed by atoms with Gasteiger partial charge in [-0.1, -0.05) is 0 Å². The summed E-state index contributed by atoms with van der Waals surface area (Å²) in [6.07, 6.45) is -2.13. The van der Waals surface area contributed by atoms with E-state index in [0.717, 1.165) is 7.11 Å². The average Bonchev–Trinajstić information content (AvgIpc) is 2.49. The van der Waals surface area contributed by atoms with Crippen molar-refractivity contribution in [2.45, 2.75) is 45.2 Å². The number of amides is 2. The van der Waals surface area contributed by atoms with Crippen LogP contribution in [0, 0.1) is 0 Å². The zero-order chi connectivity index (χ0) is 14.1. The van der Waals surface area contributed by atoms with Gasteiger partial charge in [0.1, 0.15) is 11.6 Å². The molecule has 1 heterocycles. The van der Waals surface area contributed by atoms with E-state index in [4.69, 9.17) is 6.11 Å². The molecule has 0 aromatic heterocycles. The molecule has 2 amide bonds. The number of carbonyl (C=O) groups excluding carboxylic acids is 3. The van der Waals surface area contributed by atoms with Crippen molar-refractivity contribution in [2.75, 3.05) is 7.11 Å². The number of imide groups is 1. The van der Waals surface area contributed by atoms with Crippen LogP contribution in [0.15, 0.2) is 0 Å². The van der Waals surface area contributed by atoms with Gasteiger partial charge in [0.2, 0.25) is 5.91 Å². The van der Waals surface area contributed by atoms with Gasteiger partial charge in [-0.05, 0) is 27.2 Å². The number of esters is 1. The topological polar surface area (TPSA) is 72.9 Å². The number of rotatable bonds is 1. The van der Waals surface area contributed by atoms with Crippen molar-refractivity contribution in [1.82, 2.24) is 4.90 Å². The van der Waals surface area contributed by atoms with E-state index in [1.807, 2.05) is 0 Å². The zero-order valence-electron chi connectivity index (χ0n) is 11.4. The van der Waals surface area contributed by atoms with Gasteiger partial charge in [-0.25, -0.2) is 14.5 Å². The van der Waals surface area contributed by atoms with Gasteiger partial charge in [-0.3, -0.25) is 4.79 Å². The first kappa shape index (κ1) is 11.9. The van der Waals surface area contributed by atoms with Gasteiger partial charge in [-0.15, -0.1) is 0 Å². The van der Waals surface area contributed by atoms with Crippen LogP contribution in [0.1, 0.15) is 35.0 Å². The molecule has 0 radical (unpaired) electrons. The summed E-state index contributed by atoms with van der Waals surface area (Å²) in [6.45, 7) is 4.95. The van der Waals surface area contributed by atoms with E-state index in [2.05, 4.69) is 4.74 Å². The fourth-order valence-electron chi connectivity index (χ4n) is 1.42. The van der Waals surface area contributed by atoms with E-state index in [9.17, 15) is 14.4 Å². The van der Waals surface area contributed by atoms with Crippen LogP contribution in [0.2, 0.25) is 0 Å². The number of ether oxygens (including phenoxy) is 2. The van der Waals surface area contributed by atoms with Crippen LogP contribution < -0.4 is 0 Å². The Morgan fingerprint density at radius 3 is 2.53 bits per heavy atom. The highest BCUT2D eigenvalue weighted by Gasteiger charge is 2.42. The quantitative estimate of drug-likeness (QED) is 0.645. The molecule has 1 fully saturated rings. The predicted octanol–water partition coefficient (Wildman–Crippen LogP) is 1.09. The lowest BCUT2D eigenvalue weighted by atomic mass is 10.2. The van der Waals surface area contributed by atoms with Crippen molar-refractivity contribution in [1.29, 1.82) is 0 Å². The monoisotopic (exact) mass is 244 g/mol. The third-order valence-electron chi connectivity index (χ3n) is 2.10. The lowest BCUT2D eigenvalue weighted by molar-refractivity contribution is -0.148. The van der Waals surface area contributed by atoms with Gasteiger partial charge in [0.15, 0.2) is 0 Å². The first-order chi connectivity index (χ1) is 8.17. The van der Waals surface area contributed by atoms with Gasteiger partial charge in [-0.2, -0.15) is 0 Å². The summed E-state index contributed by atoms with van der Waals surface area (Å²) in [5.41, 5.74) is -0.780. The third-order valence-corrected chi connectivity index (χ3v) is 2.10.